The van der Waals surface area contributed by atoms with Crippen molar-refractivity contribution in [3.8, 4) is 0 Å². The second-order valence-corrected chi connectivity index (χ2v) is 6.87. The lowest BCUT2D eigenvalue weighted by molar-refractivity contribution is -0.142. The third kappa shape index (κ3) is 2.42. The Morgan fingerprint density at radius 3 is 2.63 bits per heavy atom. The molecular weight excluding hydrogens is 238 g/mol. The second kappa shape index (κ2) is 5.43. The van der Waals surface area contributed by atoms with E-state index in [0.717, 1.165) is 23.9 Å². The van der Waals surface area contributed by atoms with Crippen molar-refractivity contribution in [2.75, 3.05) is 14.2 Å². The fraction of sp³-hybridized carbons (Fsp3) is 0.938. The van der Waals surface area contributed by atoms with Crippen LogP contribution in [-0.4, -0.2) is 37.1 Å². The lowest BCUT2D eigenvalue weighted by atomic mass is 9.70. The van der Waals surface area contributed by atoms with Crippen molar-refractivity contribution in [3.63, 3.8) is 0 Å². The molecule has 19 heavy (non-hydrogen) atoms. The molecule has 0 N–H and O–H groups in total. The summed E-state index contributed by atoms with van der Waals surface area (Å²) < 4.78 is 4.83. The smallest absolute Gasteiger partial charge is 0.305 e. The van der Waals surface area contributed by atoms with Gasteiger partial charge in [0.05, 0.1) is 7.11 Å². The average molecular weight is 265 g/mol. The molecule has 0 aromatic heterocycles. The normalized spacial score (nSPS) is 42.5. The first-order valence-corrected chi connectivity index (χ1v) is 7.99. The van der Waals surface area contributed by atoms with E-state index in [0.29, 0.717) is 12.3 Å². The molecule has 1 heterocycles. The Balaban J connectivity index is 1.66. The molecule has 3 fully saturated rings. The second-order valence-electron chi connectivity index (χ2n) is 6.87. The van der Waals surface area contributed by atoms with Crippen LogP contribution in [0.1, 0.15) is 51.4 Å². The van der Waals surface area contributed by atoms with Crippen molar-refractivity contribution in [1.29, 1.82) is 0 Å². The van der Waals surface area contributed by atoms with Gasteiger partial charge in [0.2, 0.25) is 0 Å². The zero-order chi connectivity index (χ0) is 13.4. The number of nitrogens with zero attached hydrogens (tertiary/aromatic N) is 1. The molecule has 108 valence electrons. The molecule has 3 nitrogen and oxygen atoms in total. The molecule has 3 rings (SSSR count). The molecule has 5 unspecified atom stereocenters. The molecule has 0 radical (unpaired) electrons. The van der Waals surface area contributed by atoms with Crippen LogP contribution >= 0.6 is 0 Å². The number of esters is 1. The maximum absolute atomic E-state index is 11.5. The number of hydrogen-bond acceptors (Lipinski definition) is 3. The van der Waals surface area contributed by atoms with Gasteiger partial charge in [0.1, 0.15) is 0 Å². The maximum Gasteiger partial charge on any atom is 0.305 e. The van der Waals surface area contributed by atoms with Gasteiger partial charge < -0.3 is 4.74 Å². The molecule has 5 atom stereocenters. The van der Waals surface area contributed by atoms with Crippen LogP contribution in [0.4, 0.5) is 0 Å². The molecule has 0 bridgehead atoms. The van der Waals surface area contributed by atoms with Gasteiger partial charge in [-0.2, -0.15) is 0 Å². The predicted octanol–water partition coefficient (Wildman–Crippen LogP) is 2.84. The van der Waals surface area contributed by atoms with Crippen molar-refractivity contribution in [1.82, 2.24) is 4.90 Å². The van der Waals surface area contributed by atoms with Crippen LogP contribution < -0.4 is 0 Å². The van der Waals surface area contributed by atoms with Crippen molar-refractivity contribution >= 4 is 5.97 Å². The summed E-state index contributed by atoms with van der Waals surface area (Å²) in [7, 11) is 3.83. The van der Waals surface area contributed by atoms with E-state index in [2.05, 4.69) is 11.9 Å². The number of likely N-dealkylation sites (tertiary alicyclic amines) is 1. The van der Waals surface area contributed by atoms with Crippen LogP contribution in [0.5, 0.6) is 0 Å². The largest absolute Gasteiger partial charge is 0.469 e. The van der Waals surface area contributed by atoms with E-state index in [1.165, 1.54) is 52.1 Å². The minimum absolute atomic E-state index is 0.0264. The number of carbonyl (C=O) groups is 1. The fourth-order valence-corrected chi connectivity index (χ4v) is 5.12. The third-order valence-corrected chi connectivity index (χ3v) is 6.04. The van der Waals surface area contributed by atoms with Crippen LogP contribution in [0.3, 0.4) is 0 Å². The first-order valence-electron chi connectivity index (χ1n) is 7.99. The number of hydrogen-bond donors (Lipinski definition) is 0. The fourth-order valence-electron chi connectivity index (χ4n) is 5.12. The van der Waals surface area contributed by atoms with E-state index < -0.39 is 0 Å². The monoisotopic (exact) mass is 265 g/mol. The SMILES string of the molecule is COC(=O)CC1CCC2C3CCCCC3N(C)C2C1. The molecule has 0 aromatic carbocycles. The first kappa shape index (κ1) is 13.4. The van der Waals surface area contributed by atoms with Crippen LogP contribution in [0.25, 0.3) is 0 Å². The van der Waals surface area contributed by atoms with Gasteiger partial charge in [-0.05, 0) is 56.9 Å². The minimum atomic E-state index is -0.0264. The summed E-state index contributed by atoms with van der Waals surface area (Å²) in [5, 5.41) is 0. The van der Waals surface area contributed by atoms with Crippen LogP contribution in [0.15, 0.2) is 0 Å². The summed E-state index contributed by atoms with van der Waals surface area (Å²) in [4.78, 5) is 14.1. The maximum atomic E-state index is 11.5. The predicted molar refractivity (Wildman–Crippen MR) is 74.8 cm³/mol. The summed E-state index contributed by atoms with van der Waals surface area (Å²) in [5.74, 6) is 2.38. The van der Waals surface area contributed by atoms with Crippen LogP contribution in [0, 0.1) is 17.8 Å². The average Bonchev–Trinajstić information content (AvgIpc) is 2.73. The van der Waals surface area contributed by atoms with E-state index in [1.807, 2.05) is 0 Å². The molecular formula is C16H27NO2. The summed E-state index contributed by atoms with van der Waals surface area (Å²) in [5.41, 5.74) is 0. The van der Waals surface area contributed by atoms with Crippen molar-refractivity contribution < 1.29 is 9.53 Å². The molecule has 3 heteroatoms. The molecule has 3 aliphatic rings. The Morgan fingerprint density at radius 1 is 1.11 bits per heavy atom. The van der Waals surface area contributed by atoms with Gasteiger partial charge in [-0.3, -0.25) is 9.69 Å². The van der Waals surface area contributed by atoms with Gasteiger partial charge in [-0.15, -0.1) is 0 Å². The van der Waals surface area contributed by atoms with Gasteiger partial charge in [0.15, 0.2) is 0 Å². The lowest BCUT2D eigenvalue weighted by Gasteiger charge is -2.35. The Kier molecular flexibility index (Phi) is 3.84. The van der Waals surface area contributed by atoms with Crippen molar-refractivity contribution in [3.05, 3.63) is 0 Å². The number of rotatable bonds is 2. The zero-order valence-corrected chi connectivity index (χ0v) is 12.3. The standard InChI is InChI=1S/C16H27NO2/c1-17-14-6-4-3-5-12(14)13-8-7-11(9-15(13)17)10-16(18)19-2/h11-15H,3-10H2,1-2H3. The summed E-state index contributed by atoms with van der Waals surface area (Å²) in [6, 6.07) is 1.57. The summed E-state index contributed by atoms with van der Waals surface area (Å²) >= 11 is 0. The molecule has 2 aliphatic carbocycles. The number of fused-ring (bicyclic) bond motifs is 3. The Hall–Kier alpha value is -0.570. The molecule has 0 aromatic rings. The quantitative estimate of drug-likeness (QED) is 0.719. The lowest BCUT2D eigenvalue weighted by Crippen LogP contribution is -2.38. The van der Waals surface area contributed by atoms with E-state index in [-0.39, 0.29) is 5.97 Å². The molecule has 0 amide bonds. The molecule has 0 spiro atoms. The van der Waals surface area contributed by atoms with Crippen LogP contribution in [-0.2, 0) is 9.53 Å². The number of methoxy groups -OCH3 is 1. The van der Waals surface area contributed by atoms with E-state index >= 15 is 0 Å². The number of ether oxygens (including phenoxy) is 1. The Labute approximate surface area is 116 Å². The van der Waals surface area contributed by atoms with Crippen LogP contribution in [0.2, 0.25) is 0 Å². The van der Waals surface area contributed by atoms with Gasteiger partial charge >= 0.3 is 5.97 Å². The van der Waals surface area contributed by atoms with E-state index in [4.69, 9.17) is 4.74 Å². The van der Waals surface area contributed by atoms with Crippen molar-refractivity contribution in [2.24, 2.45) is 17.8 Å². The van der Waals surface area contributed by atoms with Gasteiger partial charge in [-0.1, -0.05) is 12.8 Å². The summed E-state index contributed by atoms with van der Waals surface area (Å²) in [6.07, 6.45) is 10.1. The highest BCUT2D eigenvalue weighted by molar-refractivity contribution is 5.69. The highest BCUT2D eigenvalue weighted by Crippen LogP contribution is 2.49. The third-order valence-electron chi connectivity index (χ3n) is 6.04. The highest BCUT2D eigenvalue weighted by atomic mass is 16.5. The topological polar surface area (TPSA) is 29.5 Å². The Morgan fingerprint density at radius 2 is 1.84 bits per heavy atom. The van der Waals surface area contributed by atoms with Gasteiger partial charge in [-0.25, -0.2) is 0 Å². The van der Waals surface area contributed by atoms with Gasteiger partial charge in [0, 0.05) is 18.5 Å². The summed E-state index contributed by atoms with van der Waals surface area (Å²) in [6.45, 7) is 0. The van der Waals surface area contributed by atoms with Gasteiger partial charge in [0.25, 0.3) is 0 Å². The van der Waals surface area contributed by atoms with E-state index in [9.17, 15) is 4.79 Å². The van der Waals surface area contributed by atoms with Crippen molar-refractivity contribution in [2.45, 2.75) is 63.5 Å². The minimum Gasteiger partial charge on any atom is -0.469 e. The Bertz CT molecular complexity index is 344. The van der Waals surface area contributed by atoms with E-state index in [1.54, 1.807) is 0 Å². The number of carbonyl (C=O) groups excluding carboxylic acids is 1. The first-order chi connectivity index (χ1) is 9.20. The molecule has 1 aliphatic heterocycles. The zero-order valence-electron chi connectivity index (χ0n) is 12.3. The molecule has 1 saturated heterocycles. The molecule has 2 saturated carbocycles. The highest BCUT2D eigenvalue weighted by Gasteiger charge is 2.49.